The Morgan fingerprint density at radius 1 is 1.16 bits per heavy atom. The maximum absolute atomic E-state index is 12.8. The first kappa shape index (κ1) is 20.1. The van der Waals surface area contributed by atoms with Gasteiger partial charge in [-0.2, -0.15) is 0 Å². The van der Waals surface area contributed by atoms with E-state index < -0.39 is 0 Å². The molecule has 1 unspecified atom stereocenters. The lowest BCUT2D eigenvalue weighted by molar-refractivity contribution is -0.121. The Kier molecular flexibility index (Phi) is 5.46. The molecule has 0 spiro atoms. The Bertz CT molecular complexity index is 1250. The first-order valence-corrected chi connectivity index (χ1v) is 10.8. The van der Waals surface area contributed by atoms with E-state index in [-0.39, 0.29) is 11.8 Å². The lowest BCUT2D eigenvalue weighted by atomic mass is 9.95. The summed E-state index contributed by atoms with van der Waals surface area (Å²) in [5.41, 5.74) is 3.69. The van der Waals surface area contributed by atoms with Crippen molar-refractivity contribution in [3.63, 3.8) is 0 Å². The number of aromatic nitrogens is 3. The number of ether oxygens (including phenoxy) is 2. The van der Waals surface area contributed by atoms with Crippen molar-refractivity contribution in [1.29, 1.82) is 0 Å². The smallest absolute Gasteiger partial charge is 0.231 e. The highest BCUT2D eigenvalue weighted by Gasteiger charge is 2.26. The zero-order chi connectivity index (χ0) is 21.9. The van der Waals surface area contributed by atoms with Crippen molar-refractivity contribution in [2.24, 2.45) is 5.92 Å². The third-order valence-corrected chi connectivity index (χ3v) is 5.59. The highest BCUT2D eigenvalue weighted by Crippen LogP contribution is 2.31. The lowest BCUT2D eigenvalue weighted by Gasteiger charge is -2.25. The summed E-state index contributed by atoms with van der Waals surface area (Å²) in [7, 11) is 0. The first-order valence-electron chi connectivity index (χ1n) is 10.8. The molecule has 7 nitrogen and oxygen atoms in total. The summed E-state index contributed by atoms with van der Waals surface area (Å²) in [6.45, 7) is 2.92. The number of pyridine rings is 1. The predicted octanol–water partition coefficient (Wildman–Crippen LogP) is 3.91. The largest absolute Gasteiger partial charge is 0.494 e. The second-order valence-electron chi connectivity index (χ2n) is 7.82. The molecule has 0 saturated heterocycles. The molecule has 162 valence electrons. The molecular weight excluding hydrogens is 404 g/mol. The van der Waals surface area contributed by atoms with Crippen molar-refractivity contribution >= 4 is 17.2 Å². The summed E-state index contributed by atoms with van der Waals surface area (Å²) >= 11 is 0. The van der Waals surface area contributed by atoms with Crippen LogP contribution in [0.15, 0.2) is 66.9 Å². The molecule has 0 bridgehead atoms. The molecule has 1 atom stereocenters. The molecule has 0 aliphatic carbocycles. The van der Waals surface area contributed by atoms with Crippen LogP contribution in [0.25, 0.3) is 5.65 Å². The van der Waals surface area contributed by atoms with Crippen LogP contribution in [0.3, 0.4) is 0 Å². The van der Waals surface area contributed by atoms with Crippen LogP contribution >= 0.6 is 0 Å². The van der Waals surface area contributed by atoms with E-state index in [4.69, 9.17) is 9.47 Å². The number of fused-ring (bicyclic) bond motifs is 2. The standard InChI is InChI=1S/C25H24N4O3/c1-2-31-21-10-11-22-18(15-21)14-19(16-32-22)25(30)26-20-8-6-17(7-9-20)13-24-28-27-23-5-3-4-12-29(23)24/h3-12,15,19H,2,13-14,16H2,1H3,(H,26,30). The summed E-state index contributed by atoms with van der Waals surface area (Å²) in [6.07, 6.45) is 3.25. The number of rotatable bonds is 6. The maximum Gasteiger partial charge on any atom is 0.231 e. The van der Waals surface area contributed by atoms with Crippen LogP contribution in [-0.4, -0.2) is 33.7 Å². The summed E-state index contributed by atoms with van der Waals surface area (Å²) < 4.78 is 13.4. The Morgan fingerprint density at radius 3 is 2.88 bits per heavy atom. The molecule has 3 heterocycles. The Morgan fingerprint density at radius 2 is 2.03 bits per heavy atom. The van der Waals surface area contributed by atoms with Gasteiger partial charge in [0.1, 0.15) is 23.9 Å². The molecule has 5 rings (SSSR count). The van der Waals surface area contributed by atoms with Gasteiger partial charge in [0.15, 0.2) is 5.65 Å². The molecular formula is C25H24N4O3. The predicted molar refractivity (Wildman–Crippen MR) is 121 cm³/mol. The van der Waals surface area contributed by atoms with Crippen molar-refractivity contribution in [3.05, 3.63) is 83.8 Å². The van der Waals surface area contributed by atoms with Gasteiger partial charge in [0.25, 0.3) is 0 Å². The quantitative estimate of drug-likeness (QED) is 0.504. The van der Waals surface area contributed by atoms with Crippen molar-refractivity contribution in [3.8, 4) is 11.5 Å². The monoisotopic (exact) mass is 428 g/mol. The minimum atomic E-state index is -0.249. The zero-order valence-electron chi connectivity index (χ0n) is 17.8. The molecule has 7 heteroatoms. The SMILES string of the molecule is CCOc1ccc2c(c1)CC(C(=O)Nc1ccc(Cc3nnc4ccccn34)cc1)CO2. The number of carbonyl (C=O) groups is 1. The Hall–Kier alpha value is -3.87. The fraction of sp³-hybridized carbons (Fsp3) is 0.240. The Balaban J connectivity index is 1.23. The number of carbonyl (C=O) groups excluding carboxylic acids is 1. The van der Waals surface area contributed by atoms with Gasteiger partial charge in [-0.05, 0) is 66.9 Å². The highest BCUT2D eigenvalue weighted by atomic mass is 16.5. The summed E-state index contributed by atoms with van der Waals surface area (Å²) in [5, 5.41) is 11.5. The van der Waals surface area contributed by atoms with E-state index in [2.05, 4.69) is 15.5 Å². The average molecular weight is 428 g/mol. The van der Waals surface area contributed by atoms with Crippen LogP contribution in [0.4, 0.5) is 5.69 Å². The molecule has 4 aromatic rings. The van der Waals surface area contributed by atoms with Gasteiger partial charge in [-0.15, -0.1) is 10.2 Å². The lowest BCUT2D eigenvalue weighted by Crippen LogP contribution is -2.32. The molecule has 0 fully saturated rings. The minimum Gasteiger partial charge on any atom is -0.494 e. The molecule has 0 saturated carbocycles. The van der Waals surface area contributed by atoms with Crippen molar-refractivity contribution < 1.29 is 14.3 Å². The molecule has 0 radical (unpaired) electrons. The van der Waals surface area contributed by atoms with E-state index in [1.54, 1.807) is 0 Å². The number of hydrogen-bond acceptors (Lipinski definition) is 5. The number of nitrogens with one attached hydrogen (secondary N) is 1. The molecule has 1 aliphatic rings. The van der Waals surface area contributed by atoms with E-state index in [0.717, 1.165) is 39.8 Å². The molecule has 1 N–H and O–H groups in total. The van der Waals surface area contributed by atoms with Gasteiger partial charge in [-0.25, -0.2) is 0 Å². The molecule has 1 aliphatic heterocycles. The molecule has 2 aromatic heterocycles. The second kappa shape index (κ2) is 8.70. The van der Waals surface area contributed by atoms with Gasteiger partial charge >= 0.3 is 0 Å². The zero-order valence-corrected chi connectivity index (χ0v) is 17.8. The van der Waals surface area contributed by atoms with Crippen molar-refractivity contribution in [2.75, 3.05) is 18.5 Å². The normalized spacial score (nSPS) is 15.1. The summed E-state index contributed by atoms with van der Waals surface area (Å²) in [6, 6.07) is 19.4. The van der Waals surface area contributed by atoms with Crippen LogP contribution in [0.5, 0.6) is 11.5 Å². The third-order valence-electron chi connectivity index (χ3n) is 5.59. The highest BCUT2D eigenvalue weighted by molar-refractivity contribution is 5.93. The van der Waals surface area contributed by atoms with E-state index >= 15 is 0 Å². The first-order chi connectivity index (χ1) is 15.7. The summed E-state index contributed by atoms with van der Waals surface area (Å²) in [4.78, 5) is 12.8. The Labute approximate surface area is 186 Å². The minimum absolute atomic E-state index is 0.0475. The third kappa shape index (κ3) is 4.14. The average Bonchev–Trinajstić information content (AvgIpc) is 3.23. The number of benzene rings is 2. The van der Waals surface area contributed by atoms with Gasteiger partial charge in [0, 0.05) is 18.3 Å². The number of amides is 1. The fourth-order valence-electron chi connectivity index (χ4n) is 3.94. The van der Waals surface area contributed by atoms with Gasteiger partial charge in [0.2, 0.25) is 5.91 Å². The van der Waals surface area contributed by atoms with Gasteiger partial charge < -0.3 is 14.8 Å². The fourth-order valence-corrected chi connectivity index (χ4v) is 3.94. The molecule has 2 aromatic carbocycles. The topological polar surface area (TPSA) is 77.8 Å². The number of hydrogen-bond donors (Lipinski definition) is 1. The number of nitrogens with zero attached hydrogens (tertiary/aromatic N) is 3. The van der Waals surface area contributed by atoms with Crippen LogP contribution in [0.2, 0.25) is 0 Å². The number of anilines is 1. The van der Waals surface area contributed by atoms with Gasteiger partial charge in [0.05, 0.1) is 12.5 Å². The second-order valence-corrected chi connectivity index (χ2v) is 7.82. The van der Waals surface area contributed by atoms with E-state index in [1.807, 2.05) is 78.2 Å². The van der Waals surface area contributed by atoms with E-state index in [0.29, 0.717) is 26.1 Å². The maximum atomic E-state index is 12.8. The van der Waals surface area contributed by atoms with Crippen LogP contribution in [0.1, 0.15) is 23.9 Å². The molecule has 1 amide bonds. The van der Waals surface area contributed by atoms with Crippen LogP contribution < -0.4 is 14.8 Å². The van der Waals surface area contributed by atoms with Gasteiger partial charge in [-0.3, -0.25) is 9.20 Å². The van der Waals surface area contributed by atoms with Gasteiger partial charge in [-0.1, -0.05) is 18.2 Å². The van der Waals surface area contributed by atoms with Crippen LogP contribution in [-0.2, 0) is 17.6 Å². The van der Waals surface area contributed by atoms with E-state index in [9.17, 15) is 4.79 Å². The summed E-state index contributed by atoms with van der Waals surface area (Å²) in [5.74, 6) is 2.20. The van der Waals surface area contributed by atoms with Crippen molar-refractivity contribution in [1.82, 2.24) is 14.6 Å². The van der Waals surface area contributed by atoms with E-state index in [1.165, 1.54) is 0 Å². The van der Waals surface area contributed by atoms with Crippen LogP contribution in [0, 0.1) is 5.92 Å². The molecule has 32 heavy (non-hydrogen) atoms. The van der Waals surface area contributed by atoms with Crippen molar-refractivity contribution in [2.45, 2.75) is 19.8 Å².